The molecule has 1 atom stereocenters. The predicted molar refractivity (Wildman–Crippen MR) is 88.3 cm³/mol. The Bertz CT molecular complexity index is 931. The van der Waals surface area contributed by atoms with Crippen LogP contribution in [-0.2, 0) is 22.4 Å². The number of nitrogens with one attached hydrogen (secondary N) is 1. The summed E-state index contributed by atoms with van der Waals surface area (Å²) in [6, 6.07) is 4.38. The van der Waals surface area contributed by atoms with E-state index < -0.39 is 33.7 Å². The number of carboxylic acid groups (broad SMARTS) is 1. The minimum Gasteiger partial charge on any atom is -0.480 e. The first kappa shape index (κ1) is 17.1. The number of carbonyl (C=O) groups is 3. The van der Waals surface area contributed by atoms with Crippen LogP contribution in [0, 0.1) is 0 Å². The molecular weight excluding hydrogens is 350 g/mol. The normalized spacial score (nSPS) is 16.4. The lowest BCUT2D eigenvalue weighted by atomic mass is 10.1. The lowest BCUT2D eigenvalue weighted by Gasteiger charge is -2.13. The van der Waals surface area contributed by atoms with Crippen LogP contribution >= 0.6 is 0 Å². The lowest BCUT2D eigenvalue weighted by Crippen LogP contribution is -2.39. The van der Waals surface area contributed by atoms with Crippen LogP contribution in [0.1, 0.15) is 33.6 Å². The molecule has 0 radical (unpaired) electrons. The van der Waals surface area contributed by atoms with Crippen LogP contribution in [0.2, 0.25) is 0 Å². The molecule has 1 aliphatic rings. The average molecular weight is 365 g/mol. The molecule has 2 aromatic rings. The zero-order valence-electron chi connectivity index (χ0n) is 12.9. The van der Waals surface area contributed by atoms with Crippen LogP contribution < -0.4 is 11.1 Å². The van der Waals surface area contributed by atoms with Gasteiger partial charge in [0.05, 0.1) is 5.56 Å². The number of fused-ring (bicyclic) bond motifs is 1. The van der Waals surface area contributed by atoms with Crippen molar-refractivity contribution in [3.8, 4) is 0 Å². The molecule has 2 amide bonds. The summed E-state index contributed by atoms with van der Waals surface area (Å²) < 4.78 is 21.9. The number of hydrogen-bond acceptors (Lipinski definition) is 4. The van der Waals surface area contributed by atoms with E-state index in [4.69, 9.17) is 10.8 Å². The third-order valence-electron chi connectivity index (χ3n) is 4.09. The van der Waals surface area contributed by atoms with Crippen LogP contribution in [0.3, 0.4) is 0 Å². The molecule has 0 bridgehead atoms. The van der Waals surface area contributed by atoms with Crippen molar-refractivity contribution in [3.05, 3.63) is 35.5 Å². The molecule has 1 aliphatic carbocycles. The molecule has 1 unspecified atom stereocenters. The minimum absolute atomic E-state index is 0.0952. The van der Waals surface area contributed by atoms with Gasteiger partial charge in [-0.05, 0) is 31.0 Å². The van der Waals surface area contributed by atoms with Crippen LogP contribution in [-0.4, -0.2) is 41.1 Å². The van der Waals surface area contributed by atoms with E-state index >= 15 is 0 Å². The highest BCUT2D eigenvalue weighted by atomic mass is 32.2. The summed E-state index contributed by atoms with van der Waals surface area (Å²) in [5.41, 5.74) is 6.05. The Balaban J connectivity index is 2.00. The molecule has 0 aliphatic heterocycles. The SMILES string of the molecule is NC(=O)c1cn(CC(=O)O)c2ccc(C(=O)NC3(S(=O)O)CC3)cc12. The van der Waals surface area contributed by atoms with Gasteiger partial charge < -0.3 is 25.3 Å². The zero-order valence-corrected chi connectivity index (χ0v) is 13.7. The third kappa shape index (κ3) is 3.13. The number of nitrogens with zero attached hydrogens (tertiary/aromatic N) is 1. The van der Waals surface area contributed by atoms with Crippen molar-refractivity contribution < 1.29 is 28.3 Å². The van der Waals surface area contributed by atoms with Gasteiger partial charge in [-0.1, -0.05) is 0 Å². The fraction of sp³-hybridized carbons (Fsp3) is 0.267. The second kappa shape index (κ2) is 5.97. The van der Waals surface area contributed by atoms with Crippen molar-refractivity contribution in [3.63, 3.8) is 0 Å². The van der Waals surface area contributed by atoms with Crippen LogP contribution in [0.25, 0.3) is 10.9 Å². The Morgan fingerprint density at radius 1 is 1.32 bits per heavy atom. The Morgan fingerprint density at radius 3 is 2.52 bits per heavy atom. The second-order valence-electron chi connectivity index (χ2n) is 5.86. The summed E-state index contributed by atoms with van der Waals surface area (Å²) in [5.74, 6) is -2.39. The van der Waals surface area contributed by atoms with E-state index in [0.29, 0.717) is 23.7 Å². The van der Waals surface area contributed by atoms with E-state index in [1.807, 2.05) is 0 Å². The van der Waals surface area contributed by atoms with Crippen molar-refractivity contribution in [1.29, 1.82) is 0 Å². The first-order valence-corrected chi connectivity index (χ1v) is 8.42. The van der Waals surface area contributed by atoms with Crippen LogP contribution in [0.5, 0.6) is 0 Å². The van der Waals surface area contributed by atoms with Gasteiger partial charge in [0.25, 0.3) is 11.8 Å². The van der Waals surface area contributed by atoms with Gasteiger partial charge in [0.2, 0.25) is 0 Å². The van der Waals surface area contributed by atoms with Crippen molar-refractivity contribution in [2.75, 3.05) is 0 Å². The number of hydrogen-bond donors (Lipinski definition) is 4. The molecule has 3 rings (SSSR count). The van der Waals surface area contributed by atoms with Gasteiger partial charge in [-0.15, -0.1) is 0 Å². The zero-order chi connectivity index (χ0) is 18.4. The summed E-state index contributed by atoms with van der Waals surface area (Å²) in [7, 11) is 0. The Labute approximate surface area is 144 Å². The molecule has 1 fully saturated rings. The molecule has 1 saturated carbocycles. The van der Waals surface area contributed by atoms with Gasteiger partial charge in [0.15, 0.2) is 11.1 Å². The summed E-state index contributed by atoms with van der Waals surface area (Å²) >= 11 is -2.18. The minimum atomic E-state index is -2.18. The maximum atomic E-state index is 12.3. The van der Waals surface area contributed by atoms with Crippen molar-refractivity contribution in [1.82, 2.24) is 9.88 Å². The van der Waals surface area contributed by atoms with Gasteiger partial charge in [0.1, 0.15) is 11.4 Å². The van der Waals surface area contributed by atoms with Gasteiger partial charge in [-0.2, -0.15) is 0 Å². The highest BCUT2D eigenvalue weighted by molar-refractivity contribution is 7.81. The van der Waals surface area contributed by atoms with Gasteiger partial charge >= 0.3 is 5.97 Å². The van der Waals surface area contributed by atoms with Crippen molar-refractivity contribution >= 4 is 39.8 Å². The molecule has 5 N–H and O–H groups in total. The average Bonchev–Trinajstić information content (AvgIpc) is 3.23. The molecule has 25 heavy (non-hydrogen) atoms. The van der Waals surface area contributed by atoms with E-state index in [9.17, 15) is 23.1 Å². The number of nitrogens with two attached hydrogens (primary N) is 1. The molecule has 0 saturated heterocycles. The number of carbonyl (C=O) groups excluding carboxylic acids is 2. The lowest BCUT2D eigenvalue weighted by molar-refractivity contribution is -0.137. The van der Waals surface area contributed by atoms with Crippen LogP contribution in [0.4, 0.5) is 0 Å². The maximum Gasteiger partial charge on any atom is 0.323 e. The monoisotopic (exact) mass is 365 g/mol. The van der Waals surface area contributed by atoms with Crippen molar-refractivity contribution in [2.24, 2.45) is 5.73 Å². The maximum absolute atomic E-state index is 12.3. The van der Waals surface area contributed by atoms with E-state index in [0.717, 1.165) is 0 Å². The first-order valence-electron chi connectivity index (χ1n) is 7.31. The summed E-state index contributed by atoms with van der Waals surface area (Å²) in [5, 5.41) is 11.8. The number of aromatic nitrogens is 1. The number of aliphatic carboxylic acids is 1. The Hall–Kier alpha value is -2.72. The van der Waals surface area contributed by atoms with Crippen LogP contribution in [0.15, 0.2) is 24.4 Å². The standard InChI is InChI=1S/C15H15N3O6S/c16-13(21)10-6-18(7-12(19)20)11-2-1-8(5-9(10)11)14(22)17-15(3-4-15)25(23)24/h1-2,5-6H,3-4,7H2,(H2,16,21)(H,17,22)(H,19,20)(H,23,24). The largest absolute Gasteiger partial charge is 0.480 e. The number of carboxylic acids is 1. The van der Waals surface area contributed by atoms with Crippen molar-refractivity contribution in [2.45, 2.75) is 24.3 Å². The number of benzene rings is 1. The third-order valence-corrected chi connectivity index (χ3v) is 5.27. The highest BCUT2D eigenvalue weighted by Gasteiger charge is 2.50. The smallest absolute Gasteiger partial charge is 0.323 e. The summed E-state index contributed by atoms with van der Waals surface area (Å²) in [4.78, 5) is 33.8. The molecule has 10 heteroatoms. The topological polar surface area (TPSA) is 152 Å². The summed E-state index contributed by atoms with van der Waals surface area (Å²) in [6.45, 7) is -0.359. The molecule has 1 aromatic heterocycles. The fourth-order valence-electron chi connectivity index (χ4n) is 2.65. The number of primary amides is 1. The highest BCUT2D eigenvalue weighted by Crippen LogP contribution is 2.38. The van der Waals surface area contributed by atoms with E-state index in [-0.39, 0.29) is 17.7 Å². The van der Waals surface area contributed by atoms with E-state index in [1.165, 1.54) is 29.0 Å². The first-order chi connectivity index (χ1) is 11.7. The van der Waals surface area contributed by atoms with Gasteiger partial charge in [-0.3, -0.25) is 14.4 Å². The molecule has 132 valence electrons. The molecule has 0 spiro atoms. The molecule has 9 nitrogen and oxygen atoms in total. The molecule has 1 heterocycles. The number of amides is 2. The van der Waals surface area contributed by atoms with Gasteiger partial charge in [0, 0.05) is 22.7 Å². The van der Waals surface area contributed by atoms with E-state index in [1.54, 1.807) is 0 Å². The van der Waals surface area contributed by atoms with E-state index in [2.05, 4.69) is 5.32 Å². The number of rotatable bonds is 6. The second-order valence-corrected chi connectivity index (χ2v) is 7.14. The molecule has 1 aromatic carbocycles. The quantitative estimate of drug-likeness (QED) is 0.539. The Kier molecular flexibility index (Phi) is 4.09. The van der Waals surface area contributed by atoms with Gasteiger partial charge in [-0.25, -0.2) is 4.21 Å². The molecular formula is C15H15N3O6S. The fourth-order valence-corrected chi connectivity index (χ4v) is 3.28. The summed E-state index contributed by atoms with van der Waals surface area (Å²) in [6.07, 6.45) is 2.14. The predicted octanol–water partition coefficient (Wildman–Crippen LogP) is 0.266. The Morgan fingerprint density at radius 2 is 2.00 bits per heavy atom.